The van der Waals surface area contributed by atoms with E-state index in [2.05, 4.69) is 4.98 Å². The quantitative estimate of drug-likeness (QED) is 0.807. The molecule has 0 atom stereocenters. The molecule has 0 fully saturated rings. The number of aryl methyl sites for hydroxylation is 1. The summed E-state index contributed by atoms with van der Waals surface area (Å²) in [6, 6.07) is 0. The lowest BCUT2D eigenvalue weighted by molar-refractivity contribution is 0.0605. The first-order valence-corrected chi connectivity index (χ1v) is 5.11. The Morgan fingerprint density at radius 2 is 2.12 bits per heavy atom. The van der Waals surface area contributed by atoms with Crippen LogP contribution in [0.15, 0.2) is 0 Å². The van der Waals surface area contributed by atoms with Crippen LogP contribution in [0.3, 0.4) is 0 Å². The number of carboxylic acid groups (broad SMARTS) is 1. The van der Waals surface area contributed by atoms with Crippen molar-refractivity contribution >= 4 is 5.97 Å². The summed E-state index contributed by atoms with van der Waals surface area (Å²) in [5, 5.41) is 18.9. The summed E-state index contributed by atoms with van der Waals surface area (Å²) in [4.78, 5) is 15.2. The Labute approximate surface area is 94.7 Å². The molecule has 0 amide bonds. The number of aromatic carboxylic acids is 1. The lowest BCUT2D eigenvalue weighted by atomic mass is 10.0. The lowest BCUT2D eigenvalue weighted by Crippen LogP contribution is -2.21. The van der Waals surface area contributed by atoms with Crippen LogP contribution < -0.4 is 0 Å². The minimum atomic E-state index is -1.32. The van der Waals surface area contributed by atoms with Crippen LogP contribution in [-0.2, 0) is 12.0 Å². The van der Waals surface area contributed by atoms with Gasteiger partial charge in [-0.05, 0) is 20.3 Å². The fourth-order valence-corrected chi connectivity index (χ4v) is 1.51. The van der Waals surface area contributed by atoms with E-state index in [0.29, 0.717) is 12.2 Å². The van der Waals surface area contributed by atoms with Gasteiger partial charge in [-0.3, -0.25) is 0 Å². The molecular weight excluding hydrogens is 208 g/mol. The van der Waals surface area contributed by atoms with E-state index in [0.717, 1.165) is 11.0 Å². The van der Waals surface area contributed by atoms with Gasteiger partial charge in [-0.1, -0.05) is 6.92 Å². The van der Waals surface area contributed by atoms with Crippen molar-refractivity contribution in [2.75, 3.05) is 0 Å². The van der Waals surface area contributed by atoms with Crippen LogP contribution in [0.25, 0.3) is 0 Å². The number of aromatic nitrogens is 2. The molecule has 0 aliphatic heterocycles. The second kappa shape index (κ2) is 4.25. The molecule has 2 radical (unpaired) electrons. The molecule has 0 aliphatic carbocycles. The standard InChI is InChI=1S/C11H16N2O3/c1-5-6-7-12-9(11(2,3)16)8(10(14)15)13(7)4/h4,16H,5-6H2,1-3H3,(H,14,15). The van der Waals surface area contributed by atoms with Crippen molar-refractivity contribution in [3.05, 3.63) is 24.3 Å². The van der Waals surface area contributed by atoms with Gasteiger partial charge in [0.05, 0.1) is 7.05 Å². The zero-order valence-electron chi connectivity index (χ0n) is 9.69. The third kappa shape index (κ3) is 2.24. The Kier molecular flexibility index (Phi) is 3.38. The van der Waals surface area contributed by atoms with Crippen molar-refractivity contribution in [2.45, 2.75) is 39.2 Å². The second-order valence-electron chi connectivity index (χ2n) is 4.21. The number of rotatable bonds is 4. The summed E-state index contributed by atoms with van der Waals surface area (Å²) in [6.07, 6.45) is 1.38. The van der Waals surface area contributed by atoms with E-state index < -0.39 is 11.6 Å². The average Bonchev–Trinajstić information content (AvgIpc) is 2.44. The van der Waals surface area contributed by atoms with Gasteiger partial charge in [-0.25, -0.2) is 9.78 Å². The predicted octanol–water partition coefficient (Wildman–Crippen LogP) is 1.28. The molecular formula is C11H16N2O3. The summed E-state index contributed by atoms with van der Waals surface area (Å²) < 4.78 is 1.04. The summed E-state index contributed by atoms with van der Waals surface area (Å²) >= 11 is 0. The Hall–Kier alpha value is -1.36. The van der Waals surface area contributed by atoms with Crippen LogP contribution in [0.5, 0.6) is 0 Å². The molecule has 0 saturated carbocycles. The van der Waals surface area contributed by atoms with Gasteiger partial charge >= 0.3 is 5.97 Å². The van der Waals surface area contributed by atoms with Crippen LogP contribution in [0.1, 0.15) is 49.2 Å². The van der Waals surface area contributed by atoms with Crippen LogP contribution in [0.4, 0.5) is 0 Å². The average molecular weight is 224 g/mol. The molecule has 1 aromatic rings. The second-order valence-corrected chi connectivity index (χ2v) is 4.21. The first-order chi connectivity index (χ1) is 7.29. The highest BCUT2D eigenvalue weighted by Crippen LogP contribution is 2.24. The van der Waals surface area contributed by atoms with E-state index in [4.69, 9.17) is 12.2 Å². The smallest absolute Gasteiger partial charge is 0.354 e. The lowest BCUT2D eigenvalue weighted by Gasteiger charge is -2.15. The Morgan fingerprint density at radius 3 is 2.44 bits per heavy atom. The molecule has 2 N–H and O–H groups in total. The van der Waals surface area contributed by atoms with Crippen LogP contribution in [-0.4, -0.2) is 25.7 Å². The normalized spacial score (nSPS) is 11.8. The van der Waals surface area contributed by atoms with E-state index in [1.807, 2.05) is 6.92 Å². The molecule has 5 heteroatoms. The summed E-state index contributed by atoms with van der Waals surface area (Å²) in [5.74, 6) is -0.716. The number of hydrogen-bond donors (Lipinski definition) is 2. The fraction of sp³-hybridized carbons (Fsp3) is 0.545. The largest absolute Gasteiger partial charge is 0.477 e. The minimum Gasteiger partial charge on any atom is -0.477 e. The van der Waals surface area contributed by atoms with Gasteiger partial charge in [-0.2, -0.15) is 0 Å². The van der Waals surface area contributed by atoms with Crippen molar-refractivity contribution in [1.82, 2.24) is 9.55 Å². The Balaban J connectivity index is 3.37. The highest BCUT2D eigenvalue weighted by molar-refractivity contribution is 5.87. The monoisotopic (exact) mass is 224 g/mol. The zero-order valence-corrected chi connectivity index (χ0v) is 9.69. The maximum Gasteiger partial charge on any atom is 0.354 e. The van der Waals surface area contributed by atoms with Gasteiger partial charge in [0, 0.05) is 6.42 Å². The van der Waals surface area contributed by atoms with E-state index in [1.165, 1.54) is 13.8 Å². The Bertz CT molecular complexity index is 402. The molecule has 0 unspecified atom stereocenters. The SMILES string of the molecule is [CH]n1c(CCC)nc(C(C)(C)O)c1C(=O)O. The van der Waals surface area contributed by atoms with E-state index in [9.17, 15) is 9.90 Å². The molecule has 0 spiro atoms. The van der Waals surface area contributed by atoms with Crippen molar-refractivity contribution in [2.24, 2.45) is 0 Å². The van der Waals surface area contributed by atoms with Crippen molar-refractivity contribution in [3.8, 4) is 0 Å². The van der Waals surface area contributed by atoms with Gasteiger partial charge in [0.25, 0.3) is 0 Å². The summed E-state index contributed by atoms with van der Waals surface area (Å²) in [6.45, 7) is 4.91. The first-order valence-electron chi connectivity index (χ1n) is 5.11. The molecule has 0 aliphatic rings. The highest BCUT2D eigenvalue weighted by Gasteiger charge is 2.30. The topological polar surface area (TPSA) is 75.3 Å². The number of nitrogens with zero attached hydrogens (tertiary/aromatic N) is 2. The van der Waals surface area contributed by atoms with E-state index in [-0.39, 0.29) is 11.4 Å². The van der Waals surface area contributed by atoms with E-state index in [1.54, 1.807) is 0 Å². The number of carboxylic acids is 1. The number of carbonyl (C=O) groups is 1. The van der Waals surface area contributed by atoms with Gasteiger partial charge in [0.15, 0.2) is 5.69 Å². The third-order valence-electron chi connectivity index (χ3n) is 2.24. The van der Waals surface area contributed by atoms with Crippen molar-refractivity contribution in [1.29, 1.82) is 0 Å². The molecule has 1 rings (SSSR count). The summed E-state index contributed by atoms with van der Waals surface area (Å²) in [5.41, 5.74) is -1.37. The molecule has 0 bridgehead atoms. The molecule has 5 nitrogen and oxygen atoms in total. The number of imidazole rings is 1. The Morgan fingerprint density at radius 1 is 1.56 bits per heavy atom. The molecule has 16 heavy (non-hydrogen) atoms. The maximum atomic E-state index is 11.1. The van der Waals surface area contributed by atoms with Crippen molar-refractivity contribution < 1.29 is 15.0 Å². The summed E-state index contributed by atoms with van der Waals surface area (Å²) in [7, 11) is 5.65. The van der Waals surface area contributed by atoms with Gasteiger partial charge in [0.2, 0.25) is 0 Å². The number of aliphatic hydroxyl groups is 1. The minimum absolute atomic E-state index is 0.103. The van der Waals surface area contributed by atoms with Crippen LogP contribution in [0.2, 0.25) is 0 Å². The molecule has 0 saturated heterocycles. The highest BCUT2D eigenvalue weighted by atomic mass is 16.4. The molecule has 0 aromatic carbocycles. The van der Waals surface area contributed by atoms with Crippen LogP contribution >= 0.6 is 0 Å². The zero-order chi connectivity index (χ0) is 12.5. The van der Waals surface area contributed by atoms with E-state index >= 15 is 0 Å². The fourth-order valence-electron chi connectivity index (χ4n) is 1.51. The number of hydrogen-bond acceptors (Lipinski definition) is 3. The molecule has 1 aromatic heterocycles. The first kappa shape index (κ1) is 12.7. The van der Waals surface area contributed by atoms with Crippen molar-refractivity contribution in [3.63, 3.8) is 0 Å². The van der Waals surface area contributed by atoms with Gasteiger partial charge in [0.1, 0.15) is 17.1 Å². The predicted molar refractivity (Wildman–Crippen MR) is 58.1 cm³/mol. The van der Waals surface area contributed by atoms with Crippen LogP contribution in [0, 0.1) is 7.05 Å². The third-order valence-corrected chi connectivity index (χ3v) is 2.24. The molecule has 1 heterocycles. The maximum absolute atomic E-state index is 11.1. The molecule has 88 valence electrons. The van der Waals surface area contributed by atoms with Gasteiger partial charge < -0.3 is 14.8 Å². The van der Waals surface area contributed by atoms with Gasteiger partial charge in [-0.15, -0.1) is 0 Å².